The minimum Gasteiger partial charge on any atom is -0.121 e. The lowest BCUT2D eigenvalue weighted by Gasteiger charge is -2.49. The molecule has 2 aromatic rings. The van der Waals surface area contributed by atoms with Crippen molar-refractivity contribution < 1.29 is 0 Å². The lowest BCUT2D eigenvalue weighted by Crippen LogP contribution is -2.44. The van der Waals surface area contributed by atoms with Crippen LogP contribution >= 0.6 is 25.1 Å². The quantitative estimate of drug-likeness (QED) is 0.498. The molecule has 2 aromatic carbocycles. The fourth-order valence-corrected chi connectivity index (χ4v) is 8.58. The molecule has 130 valence electrons. The molecule has 0 amide bonds. The SMILES string of the molecule is CP(C)CC(C)(CP(C)C)C(P)(c1ccccc1)c1ccccc1. The summed E-state index contributed by atoms with van der Waals surface area (Å²) in [6.07, 6.45) is 2.58. The van der Waals surface area contributed by atoms with Crippen LogP contribution in [0.25, 0.3) is 0 Å². The highest BCUT2D eigenvalue weighted by Gasteiger charge is 2.47. The third kappa shape index (κ3) is 4.28. The molecule has 1 unspecified atom stereocenters. The van der Waals surface area contributed by atoms with E-state index in [9.17, 15) is 0 Å². The van der Waals surface area contributed by atoms with E-state index >= 15 is 0 Å². The maximum Gasteiger partial charge on any atom is 0.0404 e. The monoisotopic (exact) mass is 376 g/mol. The zero-order valence-corrected chi connectivity index (χ0v) is 18.6. The van der Waals surface area contributed by atoms with Crippen LogP contribution in [0.5, 0.6) is 0 Å². The third-order valence-corrected chi connectivity index (χ3v) is 8.77. The Labute approximate surface area is 153 Å². The van der Waals surface area contributed by atoms with E-state index in [4.69, 9.17) is 0 Å². The van der Waals surface area contributed by atoms with Gasteiger partial charge in [0.05, 0.1) is 0 Å². The maximum absolute atomic E-state index is 3.29. The average Bonchev–Trinajstić information content (AvgIpc) is 2.54. The van der Waals surface area contributed by atoms with Gasteiger partial charge in [-0.25, -0.2) is 0 Å². The van der Waals surface area contributed by atoms with E-state index in [1.54, 1.807) is 0 Å². The Hall–Kier alpha value is -0.270. The number of benzene rings is 2. The van der Waals surface area contributed by atoms with Crippen molar-refractivity contribution in [3.05, 3.63) is 71.8 Å². The molecule has 0 aliphatic rings. The summed E-state index contributed by atoms with van der Waals surface area (Å²) in [7, 11) is 3.36. The topological polar surface area (TPSA) is 0 Å². The van der Waals surface area contributed by atoms with Crippen molar-refractivity contribution in [3.8, 4) is 0 Å². The largest absolute Gasteiger partial charge is 0.121 e. The Balaban J connectivity index is 2.67. The average molecular weight is 376 g/mol. The molecule has 0 heterocycles. The minimum absolute atomic E-state index is 0.0330. The summed E-state index contributed by atoms with van der Waals surface area (Å²) in [5, 5.41) is -0.0469. The molecule has 0 aliphatic carbocycles. The number of rotatable bonds is 7. The zero-order valence-electron chi connectivity index (χ0n) is 15.7. The standard InChI is InChI=1S/C21H31P3/c1-20(16-23(2)3,17-24(4)5)21(22,18-12-8-6-9-13-18)19-14-10-7-11-15-19/h6-15H,16-17,22H2,1-5H3. The van der Waals surface area contributed by atoms with Crippen molar-refractivity contribution in [2.45, 2.75) is 12.1 Å². The van der Waals surface area contributed by atoms with Crippen molar-refractivity contribution in [2.75, 3.05) is 39.0 Å². The summed E-state index contributed by atoms with van der Waals surface area (Å²) < 4.78 is 0. The van der Waals surface area contributed by atoms with Gasteiger partial charge >= 0.3 is 0 Å². The van der Waals surface area contributed by atoms with E-state index in [0.717, 1.165) is 0 Å². The van der Waals surface area contributed by atoms with Gasteiger partial charge < -0.3 is 0 Å². The van der Waals surface area contributed by atoms with Gasteiger partial charge in [-0.1, -0.05) is 67.6 Å². The summed E-state index contributed by atoms with van der Waals surface area (Å²) in [5.74, 6) is 0. The molecule has 0 saturated carbocycles. The second-order valence-corrected chi connectivity index (χ2v) is 13.4. The van der Waals surface area contributed by atoms with Gasteiger partial charge in [-0.15, -0.1) is 25.1 Å². The van der Waals surface area contributed by atoms with Crippen molar-refractivity contribution in [1.82, 2.24) is 0 Å². The van der Waals surface area contributed by atoms with E-state index in [2.05, 4.69) is 103 Å². The van der Waals surface area contributed by atoms with Crippen LogP contribution in [0.4, 0.5) is 0 Å². The fourth-order valence-electron chi connectivity index (χ4n) is 3.96. The van der Waals surface area contributed by atoms with Crippen molar-refractivity contribution in [2.24, 2.45) is 5.41 Å². The van der Waals surface area contributed by atoms with Gasteiger partial charge in [-0.3, -0.25) is 0 Å². The summed E-state index contributed by atoms with van der Waals surface area (Å²) >= 11 is 0. The van der Waals surface area contributed by atoms with Crippen LogP contribution in [0.15, 0.2) is 60.7 Å². The predicted molar refractivity (Wildman–Crippen MR) is 119 cm³/mol. The van der Waals surface area contributed by atoms with Crippen molar-refractivity contribution in [3.63, 3.8) is 0 Å². The molecule has 24 heavy (non-hydrogen) atoms. The zero-order chi connectivity index (χ0) is 17.8. The fraction of sp³-hybridized carbons (Fsp3) is 0.429. The summed E-state index contributed by atoms with van der Waals surface area (Å²) in [4.78, 5) is 0. The molecule has 1 atom stereocenters. The first-order valence-electron chi connectivity index (χ1n) is 8.49. The van der Waals surface area contributed by atoms with E-state index in [-0.39, 0.29) is 26.4 Å². The van der Waals surface area contributed by atoms with Gasteiger partial charge in [0.2, 0.25) is 0 Å². The first-order valence-corrected chi connectivity index (χ1v) is 13.9. The van der Waals surface area contributed by atoms with Crippen LogP contribution in [0, 0.1) is 5.41 Å². The molecule has 0 spiro atoms. The molecule has 0 aromatic heterocycles. The number of hydrogen-bond acceptors (Lipinski definition) is 0. The van der Waals surface area contributed by atoms with Crippen LogP contribution in [0.1, 0.15) is 18.1 Å². The van der Waals surface area contributed by atoms with Gasteiger partial charge in [0.25, 0.3) is 0 Å². The molecular weight excluding hydrogens is 345 g/mol. The summed E-state index contributed by atoms with van der Waals surface area (Å²) in [6, 6.07) is 22.2. The molecule has 0 aliphatic heterocycles. The van der Waals surface area contributed by atoms with Gasteiger partial charge in [0.1, 0.15) is 0 Å². The van der Waals surface area contributed by atoms with Crippen LogP contribution in [0.2, 0.25) is 0 Å². The van der Waals surface area contributed by atoms with Gasteiger partial charge in [0, 0.05) is 5.16 Å². The lowest BCUT2D eigenvalue weighted by molar-refractivity contribution is 0.338. The van der Waals surface area contributed by atoms with E-state index < -0.39 is 0 Å². The highest BCUT2D eigenvalue weighted by molar-refractivity contribution is 7.57. The van der Waals surface area contributed by atoms with Crippen molar-refractivity contribution in [1.29, 1.82) is 0 Å². The molecule has 0 saturated heterocycles. The van der Waals surface area contributed by atoms with Crippen LogP contribution < -0.4 is 0 Å². The lowest BCUT2D eigenvalue weighted by atomic mass is 9.71. The highest BCUT2D eigenvalue weighted by Crippen LogP contribution is 2.59. The Morgan fingerprint density at radius 1 is 0.708 bits per heavy atom. The Bertz CT molecular complexity index is 571. The number of hydrogen-bond donors (Lipinski definition) is 0. The molecule has 2 rings (SSSR count). The Kier molecular flexibility index (Phi) is 7.02. The summed E-state index contributed by atoms with van der Waals surface area (Å²) in [6.45, 7) is 12.2. The van der Waals surface area contributed by atoms with Gasteiger partial charge in [0.15, 0.2) is 0 Å². The predicted octanol–water partition coefficient (Wildman–Crippen LogP) is 6.29. The molecule has 0 N–H and O–H groups in total. The minimum atomic E-state index is -0.0469. The summed E-state index contributed by atoms with van der Waals surface area (Å²) in [5.41, 5.74) is 3.06. The molecular formula is C21H31P3. The smallest absolute Gasteiger partial charge is 0.0404 e. The Morgan fingerprint density at radius 3 is 1.33 bits per heavy atom. The Morgan fingerprint density at radius 2 is 1.04 bits per heavy atom. The first kappa shape index (κ1) is 20.0. The van der Waals surface area contributed by atoms with Crippen LogP contribution in [-0.2, 0) is 5.16 Å². The normalized spacial score (nSPS) is 12.8. The molecule has 0 fully saturated rings. The van der Waals surface area contributed by atoms with Gasteiger partial charge in [-0.2, -0.15) is 0 Å². The van der Waals surface area contributed by atoms with E-state index in [1.165, 1.54) is 23.5 Å². The van der Waals surface area contributed by atoms with Gasteiger partial charge in [-0.05, 0) is 55.5 Å². The second kappa shape index (κ2) is 8.41. The first-order chi connectivity index (χ1) is 11.3. The van der Waals surface area contributed by atoms with E-state index in [0.29, 0.717) is 0 Å². The molecule has 3 heteroatoms. The molecule has 0 nitrogen and oxygen atoms in total. The third-order valence-electron chi connectivity index (χ3n) is 4.74. The molecule has 0 bridgehead atoms. The van der Waals surface area contributed by atoms with Crippen molar-refractivity contribution >= 4 is 25.1 Å². The van der Waals surface area contributed by atoms with E-state index in [1.807, 2.05) is 0 Å². The maximum atomic E-state index is 3.29. The van der Waals surface area contributed by atoms with Crippen LogP contribution in [0.3, 0.4) is 0 Å². The van der Waals surface area contributed by atoms with Crippen LogP contribution in [-0.4, -0.2) is 39.0 Å². The highest BCUT2D eigenvalue weighted by atomic mass is 31.1. The second-order valence-electron chi connectivity index (χ2n) is 7.58. The molecule has 0 radical (unpaired) electrons.